The number of rotatable bonds is 5. The van der Waals surface area contributed by atoms with Crippen molar-refractivity contribution in [1.29, 1.82) is 0 Å². The van der Waals surface area contributed by atoms with Gasteiger partial charge in [0, 0.05) is 13.1 Å². The van der Waals surface area contributed by atoms with Crippen molar-refractivity contribution < 1.29 is 17.5 Å². The third-order valence-electron chi connectivity index (χ3n) is 2.59. The molecule has 1 aromatic rings. The number of nitrogens with zero attached hydrogens (tertiary/aromatic N) is 1. The first kappa shape index (κ1) is 14.7. The Morgan fingerprint density at radius 2 is 1.89 bits per heavy atom. The standard InChI is InChI=1S/C11H17FN2O3S/c1-4-14(5-2)18(15,16)8-6-9(12)11(17-3)10(13)7-8/h6-7H,4-5,13H2,1-3H3. The largest absolute Gasteiger partial charge is 0.492 e. The molecule has 0 saturated carbocycles. The Balaban J connectivity index is 3.35. The van der Waals surface area contributed by atoms with Crippen molar-refractivity contribution in [2.75, 3.05) is 25.9 Å². The minimum Gasteiger partial charge on any atom is -0.492 e. The van der Waals surface area contributed by atoms with Crippen LogP contribution in [0.4, 0.5) is 10.1 Å². The van der Waals surface area contributed by atoms with E-state index in [0.717, 1.165) is 6.07 Å². The lowest BCUT2D eigenvalue weighted by Crippen LogP contribution is -2.30. The summed E-state index contributed by atoms with van der Waals surface area (Å²) >= 11 is 0. The number of hydrogen-bond acceptors (Lipinski definition) is 4. The SMILES string of the molecule is CCN(CC)S(=O)(=O)c1cc(N)c(OC)c(F)c1. The molecule has 1 aromatic carbocycles. The van der Waals surface area contributed by atoms with Gasteiger partial charge < -0.3 is 10.5 Å². The van der Waals surface area contributed by atoms with E-state index in [1.807, 2.05) is 0 Å². The van der Waals surface area contributed by atoms with Crippen LogP contribution in [0, 0.1) is 5.82 Å². The molecule has 0 fully saturated rings. The molecule has 102 valence electrons. The predicted octanol–water partition coefficient (Wildman–Crippen LogP) is 1.45. The smallest absolute Gasteiger partial charge is 0.243 e. The number of nitrogens with two attached hydrogens (primary N) is 1. The van der Waals surface area contributed by atoms with Crippen LogP contribution in [0.25, 0.3) is 0 Å². The summed E-state index contributed by atoms with van der Waals surface area (Å²) in [4.78, 5) is -0.165. The van der Waals surface area contributed by atoms with Gasteiger partial charge in [-0.25, -0.2) is 12.8 Å². The molecule has 0 heterocycles. The number of sulfonamides is 1. The van der Waals surface area contributed by atoms with E-state index in [0.29, 0.717) is 13.1 Å². The van der Waals surface area contributed by atoms with E-state index in [9.17, 15) is 12.8 Å². The molecule has 1 rings (SSSR count). The third kappa shape index (κ3) is 2.56. The van der Waals surface area contributed by atoms with Crippen molar-refractivity contribution in [2.24, 2.45) is 0 Å². The average molecular weight is 276 g/mol. The monoisotopic (exact) mass is 276 g/mol. The Morgan fingerprint density at radius 3 is 2.28 bits per heavy atom. The second kappa shape index (κ2) is 5.53. The fraction of sp³-hybridized carbons (Fsp3) is 0.455. The molecule has 0 amide bonds. The van der Waals surface area contributed by atoms with E-state index in [2.05, 4.69) is 0 Å². The van der Waals surface area contributed by atoms with E-state index >= 15 is 0 Å². The van der Waals surface area contributed by atoms with Crippen molar-refractivity contribution in [1.82, 2.24) is 4.31 Å². The van der Waals surface area contributed by atoms with E-state index < -0.39 is 15.8 Å². The van der Waals surface area contributed by atoms with Gasteiger partial charge in [-0.15, -0.1) is 0 Å². The van der Waals surface area contributed by atoms with Gasteiger partial charge in [-0.05, 0) is 12.1 Å². The molecule has 0 aromatic heterocycles. The van der Waals surface area contributed by atoms with E-state index in [-0.39, 0.29) is 16.3 Å². The lowest BCUT2D eigenvalue weighted by molar-refractivity contribution is 0.387. The Morgan fingerprint density at radius 1 is 1.33 bits per heavy atom. The summed E-state index contributed by atoms with van der Waals surface area (Å²) < 4.78 is 43.9. The summed E-state index contributed by atoms with van der Waals surface area (Å²) in [5.74, 6) is -0.934. The number of anilines is 1. The average Bonchev–Trinajstić information content (AvgIpc) is 2.29. The van der Waals surface area contributed by atoms with Crippen LogP contribution < -0.4 is 10.5 Å². The Hall–Kier alpha value is -1.34. The van der Waals surface area contributed by atoms with Crippen LogP contribution in [0.5, 0.6) is 5.75 Å². The van der Waals surface area contributed by atoms with Crippen LogP contribution >= 0.6 is 0 Å². The molecule has 0 radical (unpaired) electrons. The summed E-state index contributed by atoms with van der Waals surface area (Å²) in [7, 11) is -2.44. The van der Waals surface area contributed by atoms with Crippen LogP contribution in [0.1, 0.15) is 13.8 Å². The highest BCUT2D eigenvalue weighted by atomic mass is 32.2. The first-order valence-electron chi connectivity index (χ1n) is 5.51. The number of methoxy groups -OCH3 is 1. The summed E-state index contributed by atoms with van der Waals surface area (Å²) in [6.07, 6.45) is 0. The Bertz CT molecular complexity index is 504. The van der Waals surface area contributed by atoms with Gasteiger partial charge in [-0.2, -0.15) is 4.31 Å². The maximum atomic E-state index is 13.6. The molecule has 18 heavy (non-hydrogen) atoms. The Kier molecular flexibility index (Phi) is 4.53. The van der Waals surface area contributed by atoms with Crippen molar-refractivity contribution in [3.63, 3.8) is 0 Å². The molecule has 7 heteroatoms. The Labute approximate surface area is 106 Å². The second-order valence-corrected chi connectivity index (χ2v) is 5.55. The number of benzene rings is 1. The van der Waals surface area contributed by atoms with Crippen molar-refractivity contribution in [3.8, 4) is 5.75 Å². The van der Waals surface area contributed by atoms with E-state index in [4.69, 9.17) is 10.5 Å². The topological polar surface area (TPSA) is 72.6 Å². The van der Waals surface area contributed by atoms with Crippen LogP contribution in [0.15, 0.2) is 17.0 Å². The van der Waals surface area contributed by atoms with Crippen molar-refractivity contribution in [3.05, 3.63) is 17.9 Å². The van der Waals surface area contributed by atoms with Crippen LogP contribution in [0.2, 0.25) is 0 Å². The quantitative estimate of drug-likeness (QED) is 0.826. The summed E-state index contributed by atoms with van der Waals surface area (Å²) in [5.41, 5.74) is 5.53. The van der Waals surface area contributed by atoms with E-state index in [1.54, 1.807) is 13.8 Å². The molecular weight excluding hydrogens is 259 g/mol. The number of halogens is 1. The zero-order valence-corrected chi connectivity index (χ0v) is 11.4. The molecule has 0 aliphatic heterocycles. The molecule has 0 atom stereocenters. The first-order chi connectivity index (χ1) is 8.38. The molecule has 0 saturated heterocycles. The van der Waals surface area contributed by atoms with Gasteiger partial charge in [-0.3, -0.25) is 0 Å². The van der Waals surface area contributed by atoms with Crippen molar-refractivity contribution >= 4 is 15.7 Å². The number of ether oxygens (including phenoxy) is 1. The zero-order chi connectivity index (χ0) is 13.9. The highest BCUT2D eigenvalue weighted by Crippen LogP contribution is 2.29. The number of hydrogen-bond donors (Lipinski definition) is 1. The summed E-state index contributed by atoms with van der Waals surface area (Å²) in [6, 6.07) is 2.12. The number of nitrogen functional groups attached to an aromatic ring is 1. The molecule has 0 spiro atoms. The maximum absolute atomic E-state index is 13.6. The van der Waals surface area contributed by atoms with Gasteiger partial charge in [0.1, 0.15) is 0 Å². The van der Waals surface area contributed by atoms with Gasteiger partial charge in [0.2, 0.25) is 10.0 Å². The minimum atomic E-state index is -3.71. The van der Waals surface area contributed by atoms with Gasteiger partial charge in [0.05, 0.1) is 17.7 Å². The highest BCUT2D eigenvalue weighted by Gasteiger charge is 2.24. The minimum absolute atomic E-state index is 0.0387. The molecule has 0 unspecified atom stereocenters. The normalized spacial score (nSPS) is 11.8. The molecular formula is C11H17FN2O3S. The second-order valence-electron chi connectivity index (χ2n) is 3.62. The fourth-order valence-corrected chi connectivity index (χ4v) is 3.17. The predicted molar refractivity (Wildman–Crippen MR) is 67.5 cm³/mol. The van der Waals surface area contributed by atoms with Gasteiger partial charge in [-0.1, -0.05) is 13.8 Å². The maximum Gasteiger partial charge on any atom is 0.243 e. The lowest BCUT2D eigenvalue weighted by atomic mass is 10.3. The van der Waals surface area contributed by atoms with Gasteiger partial charge >= 0.3 is 0 Å². The van der Waals surface area contributed by atoms with Crippen molar-refractivity contribution in [2.45, 2.75) is 18.7 Å². The van der Waals surface area contributed by atoms with Gasteiger partial charge in [0.25, 0.3) is 0 Å². The van der Waals surface area contributed by atoms with Gasteiger partial charge in [0.15, 0.2) is 11.6 Å². The molecule has 2 N–H and O–H groups in total. The molecule has 0 aliphatic rings. The zero-order valence-electron chi connectivity index (χ0n) is 10.6. The van der Waals surface area contributed by atoms with E-state index in [1.165, 1.54) is 17.5 Å². The molecule has 0 bridgehead atoms. The fourth-order valence-electron chi connectivity index (χ4n) is 1.67. The molecule has 0 aliphatic carbocycles. The molecule has 5 nitrogen and oxygen atoms in total. The summed E-state index contributed by atoms with van der Waals surface area (Å²) in [5, 5.41) is 0. The van der Waals surface area contributed by atoms with Crippen LogP contribution in [-0.2, 0) is 10.0 Å². The van der Waals surface area contributed by atoms with Crippen LogP contribution in [0.3, 0.4) is 0 Å². The lowest BCUT2D eigenvalue weighted by Gasteiger charge is -2.19. The third-order valence-corrected chi connectivity index (χ3v) is 4.62. The first-order valence-corrected chi connectivity index (χ1v) is 6.95. The van der Waals surface area contributed by atoms with Crippen LogP contribution in [-0.4, -0.2) is 32.9 Å². The summed E-state index contributed by atoms with van der Waals surface area (Å²) in [6.45, 7) is 4.05. The highest BCUT2D eigenvalue weighted by molar-refractivity contribution is 7.89.